The van der Waals surface area contributed by atoms with Crippen LogP contribution in [0.25, 0.3) is 11.4 Å². The first-order valence-electron chi connectivity index (χ1n) is 12.3. The fourth-order valence-corrected chi connectivity index (χ4v) is 4.41. The van der Waals surface area contributed by atoms with E-state index in [0.29, 0.717) is 44.0 Å². The minimum atomic E-state index is -0.895. The smallest absolute Gasteiger partial charge is 0.439 e. The number of carbonyl (C=O) groups excluding carboxylic acids is 3. The van der Waals surface area contributed by atoms with Crippen LogP contribution in [0, 0.1) is 0 Å². The number of H-pyrrole nitrogens is 1. The molecule has 198 valence electrons. The van der Waals surface area contributed by atoms with Crippen LogP contribution < -0.4 is 10.7 Å². The summed E-state index contributed by atoms with van der Waals surface area (Å²) in [7, 11) is 0. The predicted molar refractivity (Wildman–Crippen MR) is 134 cm³/mol. The molecule has 1 unspecified atom stereocenters. The number of amides is 2. The molecule has 3 heterocycles. The van der Waals surface area contributed by atoms with Crippen LogP contribution in [0.4, 0.5) is 10.5 Å². The number of anilines is 1. The summed E-state index contributed by atoms with van der Waals surface area (Å²) < 4.78 is 15.2. The molecule has 5 rings (SSSR count). The minimum absolute atomic E-state index is 0.102. The molecule has 0 saturated carbocycles. The Bertz CT molecular complexity index is 1330. The molecule has 2 fully saturated rings. The van der Waals surface area contributed by atoms with Crippen molar-refractivity contribution in [3.8, 4) is 11.4 Å². The maximum atomic E-state index is 13.0. The van der Waals surface area contributed by atoms with Gasteiger partial charge < -0.3 is 14.4 Å². The number of esters is 1. The number of hydrogen-bond acceptors (Lipinski definition) is 9. The minimum Gasteiger partial charge on any atom is -0.461 e. The van der Waals surface area contributed by atoms with E-state index < -0.39 is 18.0 Å². The number of ether oxygens (including phenoxy) is 2. The highest BCUT2D eigenvalue weighted by Gasteiger charge is 2.39. The van der Waals surface area contributed by atoms with Crippen molar-refractivity contribution in [3.05, 3.63) is 70.7 Å². The number of rotatable bonds is 8. The van der Waals surface area contributed by atoms with Gasteiger partial charge in [-0.25, -0.2) is 9.59 Å². The third kappa shape index (κ3) is 5.92. The Morgan fingerprint density at radius 3 is 2.42 bits per heavy atom. The lowest BCUT2D eigenvalue weighted by atomic mass is 10.2. The van der Waals surface area contributed by atoms with E-state index in [1.807, 2.05) is 30.3 Å². The molecule has 2 aliphatic rings. The molecular weight excluding hydrogens is 494 g/mol. The molecule has 0 radical (unpaired) electrons. The zero-order valence-electron chi connectivity index (χ0n) is 20.6. The molecule has 2 aromatic carbocycles. The fourth-order valence-electron chi connectivity index (χ4n) is 4.41. The second kappa shape index (κ2) is 11.3. The molecule has 1 atom stereocenters. The van der Waals surface area contributed by atoms with Crippen LogP contribution in [0.3, 0.4) is 0 Å². The van der Waals surface area contributed by atoms with Crippen LogP contribution in [-0.4, -0.2) is 83.3 Å². The normalized spacial score (nSPS) is 17.9. The van der Waals surface area contributed by atoms with Gasteiger partial charge in [0.1, 0.15) is 6.61 Å². The highest BCUT2D eigenvalue weighted by molar-refractivity contribution is 5.95. The molecule has 0 spiro atoms. The number of nitrogens with one attached hydrogen (secondary N) is 1. The van der Waals surface area contributed by atoms with Crippen LogP contribution in [0.2, 0.25) is 0 Å². The van der Waals surface area contributed by atoms with Gasteiger partial charge in [-0.3, -0.25) is 28.9 Å². The highest BCUT2D eigenvalue weighted by Crippen LogP contribution is 2.25. The van der Waals surface area contributed by atoms with Crippen molar-refractivity contribution in [1.29, 1.82) is 0 Å². The lowest BCUT2D eigenvalue weighted by molar-refractivity contribution is -0.146. The van der Waals surface area contributed by atoms with Crippen molar-refractivity contribution in [2.24, 2.45) is 0 Å². The molecule has 1 N–H and O–H groups in total. The van der Waals surface area contributed by atoms with E-state index in [4.69, 9.17) is 9.47 Å². The van der Waals surface area contributed by atoms with Crippen molar-refractivity contribution in [1.82, 2.24) is 19.9 Å². The summed E-state index contributed by atoms with van der Waals surface area (Å²) in [4.78, 5) is 56.4. The maximum Gasteiger partial charge on any atom is 0.439 e. The van der Waals surface area contributed by atoms with E-state index in [9.17, 15) is 19.2 Å². The summed E-state index contributed by atoms with van der Waals surface area (Å²) in [5.74, 6) is -0.871. The summed E-state index contributed by atoms with van der Waals surface area (Å²) >= 11 is 0. The van der Waals surface area contributed by atoms with Gasteiger partial charge >= 0.3 is 17.8 Å². The second-order valence-electron chi connectivity index (χ2n) is 9.04. The second-order valence-corrected chi connectivity index (χ2v) is 9.04. The van der Waals surface area contributed by atoms with Gasteiger partial charge in [-0.2, -0.15) is 0 Å². The first-order valence-corrected chi connectivity index (χ1v) is 12.3. The monoisotopic (exact) mass is 521 g/mol. The topological polar surface area (TPSA) is 138 Å². The number of aromatic nitrogens is 2. The van der Waals surface area contributed by atoms with Gasteiger partial charge in [0.15, 0.2) is 11.9 Å². The van der Waals surface area contributed by atoms with Crippen molar-refractivity contribution < 1.29 is 28.4 Å². The number of aromatic amines is 1. The van der Waals surface area contributed by atoms with Crippen LogP contribution in [0.5, 0.6) is 0 Å². The van der Waals surface area contributed by atoms with Gasteiger partial charge in [0.05, 0.1) is 13.0 Å². The standard InChI is InChI=1S/C26H27N5O7/c32-22(36-17-18-4-2-1-3-5-18)10-11-29-12-14-30(15-13-29)24(33)21-16-31(26(35)37-21)20-8-6-19(7-9-20)23-27-25(34)38-28-23/h1-9,21H,10-17H2,(H,27,28,34). The zero-order valence-corrected chi connectivity index (χ0v) is 20.6. The lowest BCUT2D eigenvalue weighted by Gasteiger charge is -2.35. The fraction of sp³-hybridized carbons (Fsp3) is 0.346. The molecule has 2 aliphatic heterocycles. The van der Waals surface area contributed by atoms with E-state index >= 15 is 0 Å². The Kier molecular flexibility index (Phi) is 7.50. The number of benzene rings is 2. The van der Waals surface area contributed by atoms with Crippen LogP contribution in [0.1, 0.15) is 12.0 Å². The summed E-state index contributed by atoms with van der Waals surface area (Å²) in [5.41, 5.74) is 2.12. The van der Waals surface area contributed by atoms with E-state index in [2.05, 4.69) is 19.6 Å². The van der Waals surface area contributed by atoms with Gasteiger partial charge in [0.2, 0.25) is 0 Å². The van der Waals surface area contributed by atoms with Crippen molar-refractivity contribution in [2.45, 2.75) is 19.1 Å². The van der Waals surface area contributed by atoms with Gasteiger partial charge in [-0.1, -0.05) is 35.5 Å². The largest absolute Gasteiger partial charge is 0.461 e. The Morgan fingerprint density at radius 1 is 1.00 bits per heavy atom. The molecule has 38 heavy (non-hydrogen) atoms. The lowest BCUT2D eigenvalue weighted by Crippen LogP contribution is -2.52. The van der Waals surface area contributed by atoms with Gasteiger partial charge in [0, 0.05) is 44.0 Å². The Hall–Kier alpha value is -4.45. The first-order chi connectivity index (χ1) is 18.5. The third-order valence-corrected chi connectivity index (χ3v) is 6.54. The van der Waals surface area contributed by atoms with Crippen molar-refractivity contribution in [3.63, 3.8) is 0 Å². The molecule has 0 bridgehead atoms. The molecular formula is C26H27N5O7. The summed E-state index contributed by atoms with van der Waals surface area (Å²) in [5, 5.41) is 3.64. The molecule has 1 aromatic heterocycles. The SMILES string of the molecule is O=C(CCN1CCN(C(=O)C2CN(c3ccc(-c4noc(=O)[nH]4)cc3)C(=O)O2)CC1)OCc1ccccc1. The number of carbonyl (C=O) groups is 3. The van der Waals surface area contributed by atoms with E-state index in [-0.39, 0.29) is 37.3 Å². The van der Waals surface area contributed by atoms with Gasteiger partial charge in [0.25, 0.3) is 5.91 Å². The van der Waals surface area contributed by atoms with Gasteiger partial charge in [-0.15, -0.1) is 0 Å². The highest BCUT2D eigenvalue weighted by atomic mass is 16.6. The number of cyclic esters (lactones) is 1. The molecule has 12 nitrogen and oxygen atoms in total. The van der Waals surface area contributed by atoms with Crippen molar-refractivity contribution in [2.75, 3.05) is 44.2 Å². The third-order valence-electron chi connectivity index (χ3n) is 6.54. The zero-order chi connectivity index (χ0) is 26.5. The van der Waals surface area contributed by atoms with Crippen LogP contribution in [0.15, 0.2) is 63.9 Å². The quantitative estimate of drug-likeness (QED) is 0.438. The number of hydrogen-bond donors (Lipinski definition) is 1. The average Bonchev–Trinajstić information content (AvgIpc) is 3.57. The van der Waals surface area contributed by atoms with Crippen LogP contribution in [-0.2, 0) is 25.7 Å². The Labute approximate surface area is 217 Å². The maximum absolute atomic E-state index is 13.0. The Balaban J connectivity index is 1.06. The first kappa shape index (κ1) is 25.2. The average molecular weight is 522 g/mol. The molecule has 2 amide bonds. The Morgan fingerprint density at radius 2 is 1.74 bits per heavy atom. The van der Waals surface area contributed by atoms with E-state index in [1.165, 1.54) is 4.90 Å². The molecule has 2 saturated heterocycles. The summed E-state index contributed by atoms with van der Waals surface area (Å²) in [6.45, 7) is 3.12. The molecule has 3 aromatic rings. The summed E-state index contributed by atoms with van der Waals surface area (Å²) in [6, 6.07) is 16.3. The van der Waals surface area contributed by atoms with Crippen LogP contribution >= 0.6 is 0 Å². The number of piperazine rings is 1. The van der Waals surface area contributed by atoms with E-state index in [1.54, 1.807) is 29.2 Å². The molecule has 12 heteroatoms. The summed E-state index contributed by atoms with van der Waals surface area (Å²) in [6.07, 6.45) is -1.21. The van der Waals surface area contributed by atoms with Gasteiger partial charge in [-0.05, 0) is 29.8 Å². The molecule has 0 aliphatic carbocycles. The van der Waals surface area contributed by atoms with Crippen molar-refractivity contribution >= 4 is 23.7 Å². The number of nitrogens with zero attached hydrogens (tertiary/aromatic N) is 4. The van der Waals surface area contributed by atoms with E-state index in [0.717, 1.165) is 5.56 Å². The predicted octanol–water partition coefficient (Wildman–Crippen LogP) is 1.63.